The molecule has 0 amide bonds. The predicted molar refractivity (Wildman–Crippen MR) is 241 cm³/mol. The Labute approximate surface area is 343 Å². The smallest absolute Gasteiger partial charge is 0.234 e. The molecule has 280 valence electrons. The number of rotatable bonds is 5. The molecule has 0 N–H and O–H groups in total. The van der Waals surface area contributed by atoms with E-state index in [2.05, 4.69) is 211 Å². The van der Waals surface area contributed by atoms with Gasteiger partial charge < -0.3 is 9.47 Å². The molecule has 2 aromatic heterocycles. The lowest BCUT2D eigenvalue weighted by Crippen LogP contribution is -2.30. The van der Waals surface area contributed by atoms with Crippen molar-refractivity contribution in [2.45, 2.75) is 31.2 Å². The van der Waals surface area contributed by atoms with Crippen LogP contribution < -0.4 is 4.90 Å². The SMILES string of the molecule is CC1(C)c2ccccc2-c2ccc(-c3nc(-c4cccc(-n5c6ccccc6c6cc(-c7ccccc7)ccc65)c4)nc(N4c5ccccc5C5C=CC=CC54)n3)cc21. The first-order chi connectivity index (χ1) is 29.0. The summed E-state index contributed by atoms with van der Waals surface area (Å²) in [5, 5.41) is 2.43. The van der Waals surface area contributed by atoms with Gasteiger partial charge in [0.15, 0.2) is 11.6 Å². The summed E-state index contributed by atoms with van der Waals surface area (Å²) in [5.41, 5.74) is 15.1. The molecule has 5 heteroatoms. The van der Waals surface area contributed by atoms with E-state index >= 15 is 0 Å². The molecule has 3 aliphatic rings. The second-order valence-electron chi connectivity index (χ2n) is 16.4. The van der Waals surface area contributed by atoms with E-state index in [0.29, 0.717) is 17.6 Å². The molecule has 2 aliphatic carbocycles. The number of para-hydroxylation sites is 2. The van der Waals surface area contributed by atoms with Gasteiger partial charge in [0.25, 0.3) is 0 Å². The second-order valence-corrected chi connectivity index (χ2v) is 16.4. The van der Waals surface area contributed by atoms with Gasteiger partial charge in [-0.2, -0.15) is 9.97 Å². The molecule has 3 heterocycles. The highest BCUT2D eigenvalue weighted by Gasteiger charge is 2.39. The molecule has 2 unspecified atom stereocenters. The van der Waals surface area contributed by atoms with Gasteiger partial charge in [0.2, 0.25) is 5.95 Å². The van der Waals surface area contributed by atoms with Gasteiger partial charge in [-0.1, -0.05) is 159 Å². The summed E-state index contributed by atoms with van der Waals surface area (Å²) in [4.78, 5) is 18.4. The fourth-order valence-electron chi connectivity index (χ4n) is 9.94. The molecule has 59 heavy (non-hydrogen) atoms. The van der Waals surface area contributed by atoms with Crippen LogP contribution in [-0.2, 0) is 5.41 Å². The van der Waals surface area contributed by atoms with Crippen molar-refractivity contribution in [2.24, 2.45) is 0 Å². The van der Waals surface area contributed by atoms with Gasteiger partial charge in [-0.15, -0.1) is 0 Å². The van der Waals surface area contributed by atoms with E-state index in [1.807, 2.05) is 0 Å². The van der Waals surface area contributed by atoms with Crippen molar-refractivity contribution in [1.82, 2.24) is 19.5 Å². The van der Waals surface area contributed by atoms with Gasteiger partial charge in [0, 0.05) is 44.6 Å². The first-order valence-corrected chi connectivity index (χ1v) is 20.4. The van der Waals surface area contributed by atoms with Crippen molar-refractivity contribution in [1.29, 1.82) is 0 Å². The van der Waals surface area contributed by atoms with Gasteiger partial charge in [-0.25, -0.2) is 4.98 Å². The topological polar surface area (TPSA) is 46.8 Å². The van der Waals surface area contributed by atoms with Gasteiger partial charge in [-0.05, 0) is 81.4 Å². The van der Waals surface area contributed by atoms with Crippen molar-refractivity contribution in [3.8, 4) is 50.7 Å². The summed E-state index contributed by atoms with van der Waals surface area (Å²) in [5.74, 6) is 2.15. The molecule has 5 nitrogen and oxygen atoms in total. The lowest BCUT2D eigenvalue weighted by atomic mass is 9.82. The minimum absolute atomic E-state index is 0.0543. The number of anilines is 2. The number of aromatic nitrogens is 4. The van der Waals surface area contributed by atoms with Crippen LogP contribution in [0, 0.1) is 0 Å². The van der Waals surface area contributed by atoms with Crippen molar-refractivity contribution in [3.63, 3.8) is 0 Å². The number of fused-ring (bicyclic) bond motifs is 9. The molecule has 0 saturated heterocycles. The van der Waals surface area contributed by atoms with Crippen LogP contribution in [0.3, 0.4) is 0 Å². The molecule has 1 aliphatic heterocycles. The maximum absolute atomic E-state index is 5.36. The number of hydrogen-bond donors (Lipinski definition) is 0. The normalized spacial score (nSPS) is 16.9. The average Bonchev–Trinajstić information content (AvgIpc) is 3.89. The van der Waals surface area contributed by atoms with E-state index in [4.69, 9.17) is 15.0 Å². The second kappa shape index (κ2) is 12.8. The Bertz CT molecular complexity index is 3220. The summed E-state index contributed by atoms with van der Waals surface area (Å²) >= 11 is 0. The Balaban J connectivity index is 1.04. The summed E-state index contributed by atoms with van der Waals surface area (Å²) in [6, 6.07) is 59.0. The third-order valence-corrected chi connectivity index (χ3v) is 12.8. The molecule has 9 aromatic rings. The zero-order valence-corrected chi connectivity index (χ0v) is 32.8. The molecule has 0 radical (unpaired) electrons. The van der Waals surface area contributed by atoms with Crippen molar-refractivity contribution in [3.05, 3.63) is 205 Å². The van der Waals surface area contributed by atoms with E-state index in [1.165, 1.54) is 49.7 Å². The number of hydrogen-bond acceptors (Lipinski definition) is 4. The Kier molecular flexibility index (Phi) is 7.33. The van der Waals surface area contributed by atoms with E-state index < -0.39 is 0 Å². The summed E-state index contributed by atoms with van der Waals surface area (Å²) in [7, 11) is 0. The quantitative estimate of drug-likeness (QED) is 0.175. The van der Waals surface area contributed by atoms with Gasteiger partial charge in [0.1, 0.15) is 0 Å². The lowest BCUT2D eigenvalue weighted by molar-refractivity contribution is 0.660. The molecule has 0 spiro atoms. The Morgan fingerprint density at radius 3 is 2.08 bits per heavy atom. The zero-order chi connectivity index (χ0) is 39.2. The van der Waals surface area contributed by atoms with Crippen LogP contribution in [0.25, 0.3) is 72.5 Å². The lowest BCUT2D eigenvalue weighted by Gasteiger charge is -2.27. The summed E-state index contributed by atoms with van der Waals surface area (Å²) in [6.45, 7) is 4.64. The highest BCUT2D eigenvalue weighted by molar-refractivity contribution is 6.10. The van der Waals surface area contributed by atoms with Gasteiger partial charge in [-0.3, -0.25) is 0 Å². The average molecular weight is 758 g/mol. The molecule has 7 aromatic carbocycles. The maximum Gasteiger partial charge on any atom is 0.234 e. The predicted octanol–water partition coefficient (Wildman–Crippen LogP) is 13.0. The van der Waals surface area contributed by atoms with Crippen molar-refractivity contribution >= 4 is 33.4 Å². The monoisotopic (exact) mass is 757 g/mol. The first-order valence-electron chi connectivity index (χ1n) is 20.4. The largest absolute Gasteiger partial charge is 0.309 e. The van der Waals surface area contributed by atoms with E-state index in [0.717, 1.165) is 33.5 Å². The zero-order valence-electron chi connectivity index (χ0n) is 32.8. The van der Waals surface area contributed by atoms with Crippen LogP contribution in [0.5, 0.6) is 0 Å². The van der Waals surface area contributed by atoms with Crippen LogP contribution in [0.2, 0.25) is 0 Å². The van der Waals surface area contributed by atoms with E-state index in [-0.39, 0.29) is 17.4 Å². The maximum atomic E-state index is 5.36. The number of benzene rings is 7. The minimum atomic E-state index is -0.153. The number of allylic oxidation sites excluding steroid dienone is 2. The van der Waals surface area contributed by atoms with Crippen molar-refractivity contribution in [2.75, 3.05) is 4.90 Å². The molecule has 0 saturated carbocycles. The Morgan fingerprint density at radius 2 is 1.19 bits per heavy atom. The Hall–Kier alpha value is -7.37. The van der Waals surface area contributed by atoms with E-state index in [1.54, 1.807) is 0 Å². The number of nitrogens with zero attached hydrogens (tertiary/aromatic N) is 5. The van der Waals surface area contributed by atoms with Gasteiger partial charge in [0.05, 0.1) is 17.1 Å². The molecular formula is C54H39N5. The standard InChI is InChI=1S/C54H39N5/c1-54(2)45-23-10-6-19-39(45)40-29-27-37(33-46(40)54)52-55-51(56-53(57-52)59-48-25-12-7-20-41(48)42-21-8-13-26-49(42)59)36-17-14-18-38(31-36)58-47-24-11-9-22-43(47)44-32-35(28-30-50(44)58)34-15-4-3-5-16-34/h3-33,41,48H,1-2H3. The molecular weight excluding hydrogens is 719 g/mol. The first kappa shape index (κ1) is 33.7. The third kappa shape index (κ3) is 5.14. The minimum Gasteiger partial charge on any atom is -0.309 e. The summed E-state index contributed by atoms with van der Waals surface area (Å²) in [6.07, 6.45) is 8.86. The molecule has 12 rings (SSSR count). The molecule has 2 atom stereocenters. The van der Waals surface area contributed by atoms with Crippen LogP contribution in [0.4, 0.5) is 11.6 Å². The van der Waals surface area contributed by atoms with Crippen LogP contribution in [0.15, 0.2) is 188 Å². The van der Waals surface area contributed by atoms with Gasteiger partial charge >= 0.3 is 0 Å². The van der Waals surface area contributed by atoms with Crippen LogP contribution >= 0.6 is 0 Å². The fourth-order valence-corrected chi connectivity index (χ4v) is 9.94. The fraction of sp³-hybridized carbons (Fsp3) is 0.0926. The highest BCUT2D eigenvalue weighted by atomic mass is 15.3. The van der Waals surface area contributed by atoms with Crippen molar-refractivity contribution < 1.29 is 0 Å². The molecule has 0 fully saturated rings. The Morgan fingerprint density at radius 1 is 0.492 bits per heavy atom. The third-order valence-electron chi connectivity index (χ3n) is 12.8. The molecule has 0 bridgehead atoms. The summed E-state index contributed by atoms with van der Waals surface area (Å²) < 4.78 is 2.37. The van der Waals surface area contributed by atoms with Crippen LogP contribution in [-0.4, -0.2) is 25.6 Å². The van der Waals surface area contributed by atoms with E-state index in [9.17, 15) is 0 Å². The van der Waals surface area contributed by atoms with Crippen LogP contribution in [0.1, 0.15) is 36.5 Å². The highest BCUT2D eigenvalue weighted by Crippen LogP contribution is 2.50.